The van der Waals surface area contributed by atoms with Crippen molar-refractivity contribution < 1.29 is 4.79 Å². The molecule has 19 heavy (non-hydrogen) atoms. The average molecular weight is 289 g/mol. The molecule has 0 spiro atoms. The first-order valence-corrected chi connectivity index (χ1v) is 7.23. The summed E-state index contributed by atoms with van der Waals surface area (Å²) in [5, 5.41) is 2.00. The molecule has 6 heteroatoms. The Morgan fingerprint density at radius 1 is 1.42 bits per heavy atom. The first-order valence-electron chi connectivity index (χ1n) is 6.85. The Morgan fingerprint density at radius 3 is 2.63 bits per heavy atom. The lowest BCUT2D eigenvalue weighted by atomic mass is 10.1. The molecule has 0 bridgehead atoms. The van der Waals surface area contributed by atoms with Crippen LogP contribution in [0.4, 0.5) is 4.79 Å². The van der Waals surface area contributed by atoms with E-state index in [-0.39, 0.29) is 12.1 Å². The predicted molar refractivity (Wildman–Crippen MR) is 78.8 cm³/mol. The monoisotopic (exact) mass is 288 g/mol. The van der Waals surface area contributed by atoms with Gasteiger partial charge in [-0.1, -0.05) is 25.4 Å². The van der Waals surface area contributed by atoms with Crippen LogP contribution in [0.5, 0.6) is 0 Å². The summed E-state index contributed by atoms with van der Waals surface area (Å²) < 4.78 is 0. The molecule has 1 fully saturated rings. The van der Waals surface area contributed by atoms with Crippen molar-refractivity contribution in [2.75, 3.05) is 34.2 Å². The lowest BCUT2D eigenvalue weighted by Gasteiger charge is -2.22. The molecule has 0 aromatic rings. The number of likely N-dealkylation sites (tertiary alicyclic amines) is 1. The maximum atomic E-state index is 11.9. The van der Waals surface area contributed by atoms with Crippen molar-refractivity contribution >= 4 is 17.6 Å². The Hall–Kier alpha value is -0.780. The smallest absolute Gasteiger partial charge is 0.329 e. The third-order valence-corrected chi connectivity index (χ3v) is 3.63. The lowest BCUT2D eigenvalue weighted by molar-refractivity contribution is 0.169. The maximum absolute atomic E-state index is 11.9. The van der Waals surface area contributed by atoms with Crippen LogP contribution in [0, 0.1) is 0 Å². The number of urea groups is 1. The third-order valence-electron chi connectivity index (χ3n) is 3.21. The predicted octanol–water partition coefficient (Wildman–Crippen LogP) is 2.06. The number of hydrogen-bond donors (Lipinski definition) is 1. The number of halogens is 1. The molecule has 2 rings (SSSR count). The highest BCUT2D eigenvalue weighted by Crippen LogP contribution is 2.29. The highest BCUT2D eigenvalue weighted by molar-refractivity contribution is 6.30. The Morgan fingerprint density at radius 2 is 2.05 bits per heavy atom. The van der Waals surface area contributed by atoms with Crippen LogP contribution in [0.3, 0.4) is 0 Å². The second kappa shape index (κ2) is 7.12. The summed E-state index contributed by atoms with van der Waals surface area (Å²) in [5.41, 5.74) is 4.32. The van der Waals surface area contributed by atoms with Gasteiger partial charge in [0.1, 0.15) is 5.16 Å². The molecule has 1 N–H and O–H groups in total. The summed E-state index contributed by atoms with van der Waals surface area (Å²) in [5.74, 6) is 0. The molecule has 2 amide bonds. The van der Waals surface area contributed by atoms with Gasteiger partial charge < -0.3 is 9.80 Å². The fourth-order valence-corrected chi connectivity index (χ4v) is 2.58. The fourth-order valence-electron chi connectivity index (χ4n) is 2.27. The zero-order valence-corrected chi connectivity index (χ0v) is 13.3. The van der Waals surface area contributed by atoms with Gasteiger partial charge in [0.2, 0.25) is 0 Å². The SMILES string of the molecule is CC.CN1CCCC2NN(C(=O)N(C)C)C(Cl)=C2C1. The minimum absolute atomic E-state index is 0.127. The van der Waals surface area contributed by atoms with Gasteiger partial charge in [-0.05, 0) is 32.0 Å². The number of rotatable bonds is 0. The van der Waals surface area contributed by atoms with Crippen LogP contribution in [0.25, 0.3) is 0 Å². The number of fused-ring (bicyclic) bond motifs is 1. The number of carbonyl (C=O) groups is 1. The Balaban J connectivity index is 0.000000861. The summed E-state index contributed by atoms with van der Waals surface area (Å²) in [6.45, 7) is 5.90. The molecule has 2 heterocycles. The molecule has 5 nitrogen and oxygen atoms in total. The Kier molecular flexibility index (Phi) is 6.10. The first-order chi connectivity index (χ1) is 9.00. The molecule has 1 atom stereocenters. The van der Waals surface area contributed by atoms with Gasteiger partial charge in [-0.15, -0.1) is 0 Å². The van der Waals surface area contributed by atoms with Crippen LogP contribution in [-0.2, 0) is 0 Å². The van der Waals surface area contributed by atoms with Gasteiger partial charge >= 0.3 is 6.03 Å². The van der Waals surface area contributed by atoms with Crippen molar-refractivity contribution in [3.05, 3.63) is 10.7 Å². The van der Waals surface area contributed by atoms with E-state index in [2.05, 4.69) is 17.4 Å². The van der Waals surface area contributed by atoms with Crippen molar-refractivity contribution in [1.82, 2.24) is 20.2 Å². The van der Waals surface area contributed by atoms with Gasteiger partial charge in [0.25, 0.3) is 0 Å². The summed E-state index contributed by atoms with van der Waals surface area (Å²) in [4.78, 5) is 15.7. The Labute approximate surface area is 121 Å². The number of nitrogens with one attached hydrogen (secondary N) is 1. The van der Waals surface area contributed by atoms with E-state index >= 15 is 0 Å². The second-order valence-corrected chi connectivity index (χ2v) is 5.25. The minimum Gasteiger partial charge on any atom is -0.329 e. The molecular formula is C13H25ClN4O. The van der Waals surface area contributed by atoms with Crippen molar-refractivity contribution in [1.29, 1.82) is 0 Å². The molecular weight excluding hydrogens is 264 g/mol. The van der Waals surface area contributed by atoms with Gasteiger partial charge in [-0.3, -0.25) is 0 Å². The van der Waals surface area contributed by atoms with Gasteiger partial charge in [0.05, 0.1) is 6.04 Å². The van der Waals surface area contributed by atoms with Crippen LogP contribution in [0.1, 0.15) is 26.7 Å². The highest BCUT2D eigenvalue weighted by atomic mass is 35.5. The molecule has 0 saturated carbocycles. The number of hydrogen-bond acceptors (Lipinski definition) is 3. The molecule has 0 aromatic carbocycles. The zero-order valence-electron chi connectivity index (χ0n) is 12.5. The zero-order chi connectivity index (χ0) is 14.6. The highest BCUT2D eigenvalue weighted by Gasteiger charge is 2.35. The standard InChI is InChI=1S/C11H19ClN4O.C2H6/c1-14(2)11(17)16-10(12)8-7-15(3)6-4-5-9(8)13-16;1-2/h9,13H,4-7H2,1-3H3;1-2H3. The molecule has 0 aliphatic carbocycles. The van der Waals surface area contributed by atoms with Gasteiger partial charge in [-0.2, -0.15) is 0 Å². The molecule has 110 valence electrons. The van der Waals surface area contributed by atoms with E-state index in [0.717, 1.165) is 31.5 Å². The second-order valence-electron chi connectivity index (χ2n) is 4.89. The third kappa shape index (κ3) is 3.61. The van der Waals surface area contributed by atoms with E-state index in [4.69, 9.17) is 11.6 Å². The minimum atomic E-state index is -0.127. The molecule has 1 unspecified atom stereocenters. The molecule has 2 aliphatic heterocycles. The topological polar surface area (TPSA) is 38.8 Å². The lowest BCUT2D eigenvalue weighted by Crippen LogP contribution is -2.45. The van der Waals surface area contributed by atoms with E-state index in [9.17, 15) is 4.79 Å². The van der Waals surface area contributed by atoms with E-state index in [1.165, 1.54) is 9.91 Å². The van der Waals surface area contributed by atoms with Crippen molar-refractivity contribution in [3.8, 4) is 0 Å². The molecule has 0 radical (unpaired) electrons. The van der Waals surface area contributed by atoms with E-state index in [1.807, 2.05) is 13.8 Å². The quantitative estimate of drug-likeness (QED) is 0.694. The molecule has 2 aliphatic rings. The summed E-state index contributed by atoms with van der Waals surface area (Å²) in [6, 6.07) is 0.0783. The molecule has 1 saturated heterocycles. The number of carbonyl (C=O) groups excluding carboxylic acids is 1. The summed E-state index contributed by atoms with van der Waals surface area (Å²) in [6.07, 6.45) is 2.14. The van der Waals surface area contributed by atoms with E-state index < -0.39 is 0 Å². The average Bonchev–Trinajstić information content (AvgIpc) is 2.58. The van der Waals surface area contributed by atoms with Crippen LogP contribution in [0.15, 0.2) is 10.7 Å². The van der Waals surface area contributed by atoms with Crippen LogP contribution in [-0.4, -0.2) is 61.1 Å². The summed E-state index contributed by atoms with van der Waals surface area (Å²) in [7, 11) is 5.52. The van der Waals surface area contributed by atoms with Crippen LogP contribution >= 0.6 is 11.6 Å². The van der Waals surface area contributed by atoms with Gasteiger partial charge in [0, 0.05) is 20.6 Å². The maximum Gasteiger partial charge on any atom is 0.339 e. The fraction of sp³-hybridized carbons (Fsp3) is 0.769. The van der Waals surface area contributed by atoms with Crippen molar-refractivity contribution in [2.45, 2.75) is 32.7 Å². The molecule has 0 aromatic heterocycles. The number of likely N-dealkylation sites (N-methyl/N-ethyl adjacent to an activating group) is 1. The Bertz CT molecular complexity index is 357. The van der Waals surface area contributed by atoms with Crippen molar-refractivity contribution in [2.24, 2.45) is 0 Å². The van der Waals surface area contributed by atoms with E-state index in [1.54, 1.807) is 14.1 Å². The normalized spacial score (nSPS) is 23.5. The largest absolute Gasteiger partial charge is 0.339 e. The van der Waals surface area contributed by atoms with Crippen molar-refractivity contribution in [3.63, 3.8) is 0 Å². The van der Waals surface area contributed by atoms with Crippen LogP contribution < -0.4 is 5.43 Å². The number of hydrazine groups is 1. The summed E-state index contributed by atoms with van der Waals surface area (Å²) >= 11 is 6.30. The van der Waals surface area contributed by atoms with E-state index in [0.29, 0.717) is 5.16 Å². The number of nitrogens with zero attached hydrogens (tertiary/aromatic N) is 3. The van der Waals surface area contributed by atoms with Gasteiger partial charge in [-0.25, -0.2) is 15.2 Å². The number of amides is 2. The van der Waals surface area contributed by atoms with Crippen LogP contribution in [0.2, 0.25) is 0 Å². The van der Waals surface area contributed by atoms with Gasteiger partial charge in [0.15, 0.2) is 0 Å². The first kappa shape index (κ1) is 16.3.